The topological polar surface area (TPSA) is 81.4 Å². The van der Waals surface area contributed by atoms with E-state index in [0.717, 1.165) is 48.3 Å². The van der Waals surface area contributed by atoms with E-state index in [9.17, 15) is 4.79 Å². The van der Waals surface area contributed by atoms with Crippen molar-refractivity contribution in [2.75, 3.05) is 11.9 Å². The predicted molar refractivity (Wildman–Crippen MR) is 114 cm³/mol. The van der Waals surface area contributed by atoms with Crippen molar-refractivity contribution in [3.63, 3.8) is 0 Å². The third-order valence-corrected chi connectivity index (χ3v) is 7.97. The molecule has 4 aliphatic rings. The maximum Gasteiger partial charge on any atom is 0.236 e. The first-order valence-electron chi connectivity index (χ1n) is 10.9. The van der Waals surface area contributed by atoms with E-state index in [-0.39, 0.29) is 11.3 Å². The number of carbonyl (C=O) groups excluding carboxylic acids is 1. The molecule has 0 aliphatic heterocycles. The van der Waals surface area contributed by atoms with Crippen molar-refractivity contribution in [1.29, 1.82) is 0 Å². The number of benzene rings is 1. The molecule has 156 valence electrons. The monoisotopic (exact) mass is 423 g/mol. The van der Waals surface area contributed by atoms with E-state index >= 15 is 0 Å². The molecule has 1 N–H and O–H groups in total. The molecule has 2 aromatic heterocycles. The van der Waals surface area contributed by atoms with Gasteiger partial charge in [0.25, 0.3) is 0 Å². The third-order valence-electron chi connectivity index (χ3n) is 7.15. The summed E-state index contributed by atoms with van der Waals surface area (Å²) in [5.41, 5.74) is 0.730. The van der Waals surface area contributed by atoms with Crippen LogP contribution in [0.4, 0.5) is 5.13 Å². The summed E-state index contributed by atoms with van der Waals surface area (Å²) < 4.78 is 7.23. The number of aromatic nitrogens is 4. The second kappa shape index (κ2) is 6.77. The Morgan fingerprint density at radius 1 is 1.13 bits per heavy atom. The summed E-state index contributed by atoms with van der Waals surface area (Å²) in [6, 6.07) is 7.74. The highest BCUT2D eigenvalue weighted by Gasteiger charge is 2.54. The molecule has 0 spiro atoms. The van der Waals surface area contributed by atoms with Crippen LogP contribution in [0.5, 0.6) is 5.75 Å². The van der Waals surface area contributed by atoms with Crippen LogP contribution in [0.25, 0.3) is 16.3 Å². The molecule has 7 nitrogen and oxygen atoms in total. The molecule has 4 saturated carbocycles. The molecule has 8 heteroatoms. The van der Waals surface area contributed by atoms with Gasteiger partial charge in [0.15, 0.2) is 5.82 Å². The van der Waals surface area contributed by atoms with Crippen molar-refractivity contribution in [2.45, 2.75) is 45.4 Å². The lowest BCUT2D eigenvalue weighted by Crippen LogP contribution is -2.51. The zero-order chi connectivity index (χ0) is 20.3. The fourth-order valence-corrected chi connectivity index (χ4v) is 7.07. The molecule has 4 bridgehead atoms. The minimum absolute atomic E-state index is 0.161. The number of hydrogen-bond donors (Lipinski definition) is 1. The lowest BCUT2D eigenvalue weighted by Gasteiger charge is -2.55. The third kappa shape index (κ3) is 2.92. The molecule has 3 aromatic rings. The molecule has 0 saturated heterocycles. The molecule has 2 heterocycles. The highest BCUT2D eigenvalue weighted by molar-refractivity contribution is 7.20. The first-order chi connectivity index (χ1) is 14.6. The van der Waals surface area contributed by atoms with Crippen molar-refractivity contribution < 1.29 is 9.53 Å². The van der Waals surface area contributed by atoms with E-state index in [1.807, 2.05) is 31.2 Å². The Morgan fingerprint density at radius 2 is 1.80 bits per heavy atom. The number of nitrogens with one attached hydrogen (secondary N) is 1. The summed E-state index contributed by atoms with van der Waals surface area (Å²) in [5.74, 6) is 3.88. The van der Waals surface area contributed by atoms with Crippen LogP contribution >= 0.6 is 11.3 Å². The first-order valence-corrected chi connectivity index (χ1v) is 11.7. The Balaban J connectivity index is 1.24. The highest BCUT2D eigenvalue weighted by atomic mass is 32.1. The van der Waals surface area contributed by atoms with Crippen molar-refractivity contribution in [1.82, 2.24) is 19.8 Å². The van der Waals surface area contributed by atoms with Crippen molar-refractivity contribution in [3.05, 3.63) is 24.3 Å². The lowest BCUT2D eigenvalue weighted by atomic mass is 9.49. The zero-order valence-corrected chi connectivity index (χ0v) is 17.8. The van der Waals surface area contributed by atoms with E-state index in [2.05, 4.69) is 20.6 Å². The smallest absolute Gasteiger partial charge is 0.236 e. The van der Waals surface area contributed by atoms with E-state index in [0.29, 0.717) is 22.5 Å². The van der Waals surface area contributed by atoms with Gasteiger partial charge in [-0.15, -0.1) is 15.3 Å². The molecule has 4 fully saturated rings. The minimum atomic E-state index is -0.182. The molecule has 1 amide bonds. The number of fused-ring (bicyclic) bond motifs is 1. The Kier molecular flexibility index (Phi) is 4.13. The molecule has 0 radical (unpaired) electrons. The van der Waals surface area contributed by atoms with Crippen molar-refractivity contribution in [3.8, 4) is 17.1 Å². The van der Waals surface area contributed by atoms with E-state index in [4.69, 9.17) is 4.74 Å². The second-order valence-electron chi connectivity index (χ2n) is 9.23. The van der Waals surface area contributed by atoms with Gasteiger partial charge in [-0.25, -0.2) is 0 Å². The summed E-state index contributed by atoms with van der Waals surface area (Å²) in [6.07, 6.45) is 7.13. The van der Waals surface area contributed by atoms with Gasteiger partial charge >= 0.3 is 0 Å². The standard InChI is InChI=1S/C22H25N5O2S/c1-2-29-17-5-3-16(4-6-17)18-24-25-21-27(18)26-20(30-21)23-19(28)22-10-13-7-14(11-22)9-15(8-13)12-22/h3-6,13-15H,2,7-12H2,1H3,(H,23,26,28). The Bertz CT molecular complexity index is 1070. The zero-order valence-electron chi connectivity index (χ0n) is 17.0. The van der Waals surface area contributed by atoms with Gasteiger partial charge in [0.1, 0.15) is 5.75 Å². The molecule has 30 heavy (non-hydrogen) atoms. The van der Waals surface area contributed by atoms with Gasteiger partial charge < -0.3 is 10.1 Å². The van der Waals surface area contributed by atoms with Gasteiger partial charge in [-0.05, 0) is 87.5 Å². The number of ether oxygens (including phenoxy) is 1. The fraction of sp³-hybridized carbons (Fsp3) is 0.545. The van der Waals surface area contributed by atoms with E-state index < -0.39 is 0 Å². The first kappa shape index (κ1) is 18.3. The maximum atomic E-state index is 13.3. The number of nitrogens with zero attached hydrogens (tertiary/aromatic N) is 4. The maximum absolute atomic E-state index is 13.3. The van der Waals surface area contributed by atoms with Crippen LogP contribution in [0.2, 0.25) is 0 Å². The van der Waals surface area contributed by atoms with E-state index in [1.165, 1.54) is 30.6 Å². The van der Waals surface area contributed by atoms with Crippen LogP contribution in [0.3, 0.4) is 0 Å². The molecule has 7 rings (SSSR count). The molecular formula is C22H25N5O2S. The number of amides is 1. The summed E-state index contributed by atoms with van der Waals surface area (Å²) in [4.78, 5) is 14.0. The van der Waals surface area contributed by atoms with Crippen LogP contribution in [-0.2, 0) is 4.79 Å². The summed E-state index contributed by atoms with van der Waals surface area (Å²) >= 11 is 1.38. The van der Waals surface area contributed by atoms with Crippen LogP contribution in [0, 0.1) is 23.2 Å². The molecule has 0 atom stereocenters. The van der Waals surface area contributed by atoms with Crippen LogP contribution in [-0.4, -0.2) is 32.3 Å². The Labute approximate surface area is 178 Å². The van der Waals surface area contributed by atoms with Gasteiger partial charge in [-0.3, -0.25) is 4.79 Å². The predicted octanol–water partition coefficient (Wildman–Crippen LogP) is 4.41. The minimum Gasteiger partial charge on any atom is -0.494 e. The van der Waals surface area contributed by atoms with Crippen LogP contribution < -0.4 is 10.1 Å². The van der Waals surface area contributed by atoms with Crippen LogP contribution in [0.15, 0.2) is 24.3 Å². The SMILES string of the molecule is CCOc1ccc(-c2nnc3sc(NC(=O)C45CC6CC(CC(C6)C4)C5)nn23)cc1. The van der Waals surface area contributed by atoms with E-state index in [1.54, 1.807) is 4.52 Å². The van der Waals surface area contributed by atoms with Gasteiger partial charge in [0.05, 0.1) is 12.0 Å². The normalized spacial score (nSPS) is 29.4. The van der Waals surface area contributed by atoms with Gasteiger partial charge in [-0.1, -0.05) is 11.3 Å². The number of rotatable bonds is 5. The van der Waals surface area contributed by atoms with Gasteiger partial charge in [-0.2, -0.15) is 4.52 Å². The van der Waals surface area contributed by atoms with Crippen molar-refractivity contribution in [2.24, 2.45) is 23.2 Å². The summed E-state index contributed by atoms with van der Waals surface area (Å²) in [6.45, 7) is 2.60. The number of carbonyl (C=O) groups is 1. The fourth-order valence-electron chi connectivity index (χ4n) is 6.33. The lowest BCUT2D eigenvalue weighted by molar-refractivity contribution is -0.140. The van der Waals surface area contributed by atoms with Crippen LogP contribution in [0.1, 0.15) is 45.4 Å². The van der Waals surface area contributed by atoms with Gasteiger partial charge in [0.2, 0.25) is 16.0 Å². The highest BCUT2D eigenvalue weighted by Crippen LogP contribution is 2.60. The summed E-state index contributed by atoms with van der Waals surface area (Å²) in [5, 5.41) is 16.9. The molecule has 4 aliphatic carbocycles. The quantitative estimate of drug-likeness (QED) is 0.657. The van der Waals surface area contributed by atoms with Crippen molar-refractivity contribution >= 4 is 27.3 Å². The molecular weight excluding hydrogens is 398 g/mol. The average molecular weight is 424 g/mol. The number of anilines is 1. The Hall–Kier alpha value is -2.48. The second-order valence-corrected chi connectivity index (χ2v) is 10.2. The molecule has 1 aromatic carbocycles. The number of hydrogen-bond acceptors (Lipinski definition) is 6. The largest absolute Gasteiger partial charge is 0.494 e. The Morgan fingerprint density at radius 3 is 2.43 bits per heavy atom. The summed E-state index contributed by atoms with van der Waals surface area (Å²) in [7, 11) is 0. The average Bonchev–Trinajstić information content (AvgIpc) is 3.28. The van der Waals surface area contributed by atoms with Gasteiger partial charge in [0, 0.05) is 5.56 Å². The molecule has 0 unspecified atom stereocenters.